The lowest BCUT2D eigenvalue weighted by Gasteiger charge is -2.32. The standard InChI is InChI=1S/C20H33N3O/c1-15(2)17-6-8-18(9-7-17)20(16(3)4)21-19(24)14-23-12-10-22(5)11-13-23/h6-9,15-16,20H,10-14H2,1-5H3,(H,21,24)/t20-/m0/s1. The summed E-state index contributed by atoms with van der Waals surface area (Å²) in [6.45, 7) is 13.3. The van der Waals surface area contributed by atoms with Gasteiger partial charge in [0.15, 0.2) is 0 Å². The highest BCUT2D eigenvalue weighted by molar-refractivity contribution is 5.78. The largest absolute Gasteiger partial charge is 0.348 e. The molecule has 0 unspecified atom stereocenters. The molecular formula is C20H33N3O. The molecule has 0 aliphatic carbocycles. The van der Waals surface area contributed by atoms with E-state index in [-0.39, 0.29) is 11.9 Å². The van der Waals surface area contributed by atoms with Gasteiger partial charge in [-0.05, 0) is 30.0 Å². The summed E-state index contributed by atoms with van der Waals surface area (Å²) in [5, 5.41) is 3.25. The first-order valence-corrected chi connectivity index (χ1v) is 9.17. The average Bonchev–Trinajstić information content (AvgIpc) is 2.54. The maximum absolute atomic E-state index is 12.5. The van der Waals surface area contributed by atoms with E-state index in [0.717, 1.165) is 26.2 Å². The first kappa shape index (κ1) is 18.9. The molecule has 24 heavy (non-hydrogen) atoms. The van der Waals surface area contributed by atoms with Gasteiger partial charge >= 0.3 is 0 Å². The van der Waals surface area contributed by atoms with Crippen LogP contribution in [0.3, 0.4) is 0 Å². The van der Waals surface area contributed by atoms with Crippen LogP contribution in [0, 0.1) is 5.92 Å². The molecule has 0 spiro atoms. The predicted octanol–water partition coefficient (Wildman–Crippen LogP) is 2.87. The summed E-state index contributed by atoms with van der Waals surface area (Å²) in [6, 6.07) is 8.77. The number of carbonyl (C=O) groups excluding carboxylic acids is 1. The number of nitrogens with one attached hydrogen (secondary N) is 1. The summed E-state index contributed by atoms with van der Waals surface area (Å²) in [5.41, 5.74) is 2.53. The molecular weight excluding hydrogens is 298 g/mol. The first-order chi connectivity index (χ1) is 11.4. The lowest BCUT2D eigenvalue weighted by Crippen LogP contribution is -2.48. The van der Waals surface area contributed by atoms with Crippen molar-refractivity contribution in [3.8, 4) is 0 Å². The third kappa shape index (κ3) is 5.32. The molecule has 0 saturated carbocycles. The van der Waals surface area contributed by atoms with E-state index in [1.807, 2.05) is 0 Å². The third-order valence-electron chi connectivity index (χ3n) is 4.91. The zero-order chi connectivity index (χ0) is 17.7. The monoisotopic (exact) mass is 331 g/mol. The molecule has 1 heterocycles. The highest BCUT2D eigenvalue weighted by Crippen LogP contribution is 2.24. The number of rotatable bonds is 6. The van der Waals surface area contributed by atoms with Gasteiger partial charge in [-0.2, -0.15) is 0 Å². The van der Waals surface area contributed by atoms with Crippen molar-refractivity contribution in [3.05, 3.63) is 35.4 Å². The Bertz CT molecular complexity index is 516. The quantitative estimate of drug-likeness (QED) is 0.871. The van der Waals surface area contributed by atoms with E-state index in [4.69, 9.17) is 0 Å². The van der Waals surface area contributed by atoms with Gasteiger partial charge in [-0.25, -0.2) is 0 Å². The number of piperazine rings is 1. The number of amides is 1. The van der Waals surface area contributed by atoms with Crippen molar-refractivity contribution in [2.45, 2.75) is 39.7 Å². The van der Waals surface area contributed by atoms with E-state index in [1.54, 1.807) is 0 Å². The van der Waals surface area contributed by atoms with Crippen molar-refractivity contribution in [1.29, 1.82) is 0 Å². The molecule has 1 aliphatic heterocycles. The minimum atomic E-state index is 0.0752. The lowest BCUT2D eigenvalue weighted by molar-refractivity contribution is -0.123. The lowest BCUT2D eigenvalue weighted by atomic mass is 9.93. The number of nitrogens with zero attached hydrogens (tertiary/aromatic N) is 2. The van der Waals surface area contributed by atoms with E-state index in [2.05, 4.69) is 74.1 Å². The molecule has 1 saturated heterocycles. The van der Waals surface area contributed by atoms with Crippen LogP contribution >= 0.6 is 0 Å². The maximum atomic E-state index is 12.5. The normalized spacial score (nSPS) is 18.1. The van der Waals surface area contributed by atoms with Crippen LogP contribution in [0.4, 0.5) is 0 Å². The number of hydrogen-bond acceptors (Lipinski definition) is 3. The highest BCUT2D eigenvalue weighted by atomic mass is 16.2. The molecule has 1 aromatic carbocycles. The van der Waals surface area contributed by atoms with Gasteiger partial charge in [-0.15, -0.1) is 0 Å². The summed E-state index contributed by atoms with van der Waals surface area (Å²) >= 11 is 0. The Morgan fingerprint density at radius 1 is 1.00 bits per heavy atom. The highest BCUT2D eigenvalue weighted by Gasteiger charge is 2.21. The van der Waals surface area contributed by atoms with E-state index >= 15 is 0 Å². The second-order valence-electron chi connectivity index (χ2n) is 7.69. The van der Waals surface area contributed by atoms with Crippen LogP contribution in [0.5, 0.6) is 0 Å². The molecule has 1 aliphatic rings. The Balaban J connectivity index is 1.96. The summed E-state index contributed by atoms with van der Waals surface area (Å²) in [7, 11) is 2.13. The van der Waals surface area contributed by atoms with Crippen LogP contribution in [-0.4, -0.2) is 55.5 Å². The predicted molar refractivity (Wildman–Crippen MR) is 100 cm³/mol. The molecule has 134 valence electrons. The topological polar surface area (TPSA) is 35.6 Å². The molecule has 1 amide bonds. The molecule has 2 rings (SSSR count). The molecule has 4 nitrogen and oxygen atoms in total. The molecule has 0 bridgehead atoms. The summed E-state index contributed by atoms with van der Waals surface area (Å²) < 4.78 is 0. The van der Waals surface area contributed by atoms with Gasteiger partial charge in [0.2, 0.25) is 5.91 Å². The van der Waals surface area contributed by atoms with Crippen molar-refractivity contribution in [2.75, 3.05) is 39.8 Å². The summed E-state index contributed by atoms with van der Waals surface area (Å²) in [5.74, 6) is 1.03. The number of hydrogen-bond donors (Lipinski definition) is 1. The molecule has 1 N–H and O–H groups in total. The Labute approximate surface area is 147 Å². The SMILES string of the molecule is CC(C)c1ccc([C@@H](NC(=O)CN2CCN(C)CC2)C(C)C)cc1. The fraction of sp³-hybridized carbons (Fsp3) is 0.650. The molecule has 0 radical (unpaired) electrons. The fourth-order valence-electron chi connectivity index (χ4n) is 3.15. The Hall–Kier alpha value is -1.39. The van der Waals surface area contributed by atoms with E-state index in [0.29, 0.717) is 18.4 Å². The zero-order valence-electron chi connectivity index (χ0n) is 15.9. The number of benzene rings is 1. The van der Waals surface area contributed by atoms with Crippen molar-refractivity contribution < 1.29 is 4.79 Å². The second-order valence-corrected chi connectivity index (χ2v) is 7.69. The average molecular weight is 332 g/mol. The maximum Gasteiger partial charge on any atom is 0.234 e. The van der Waals surface area contributed by atoms with Crippen LogP contribution in [0.15, 0.2) is 24.3 Å². The van der Waals surface area contributed by atoms with Crippen LogP contribution < -0.4 is 5.32 Å². The van der Waals surface area contributed by atoms with Gasteiger partial charge < -0.3 is 10.2 Å². The summed E-state index contributed by atoms with van der Waals surface area (Å²) in [4.78, 5) is 17.0. The Morgan fingerprint density at radius 2 is 1.54 bits per heavy atom. The Morgan fingerprint density at radius 3 is 2.04 bits per heavy atom. The minimum Gasteiger partial charge on any atom is -0.348 e. The van der Waals surface area contributed by atoms with Gasteiger partial charge in [0.1, 0.15) is 0 Å². The second kappa shape index (κ2) is 8.63. The van der Waals surface area contributed by atoms with Crippen LogP contribution in [0.2, 0.25) is 0 Å². The minimum absolute atomic E-state index is 0.0752. The molecule has 4 heteroatoms. The van der Waals surface area contributed by atoms with E-state index in [9.17, 15) is 4.79 Å². The van der Waals surface area contributed by atoms with Crippen molar-refractivity contribution in [3.63, 3.8) is 0 Å². The molecule has 0 aromatic heterocycles. The van der Waals surface area contributed by atoms with Crippen molar-refractivity contribution in [2.24, 2.45) is 5.92 Å². The van der Waals surface area contributed by atoms with Gasteiger partial charge in [0, 0.05) is 26.2 Å². The molecule has 1 fully saturated rings. The number of carbonyl (C=O) groups is 1. The van der Waals surface area contributed by atoms with E-state index < -0.39 is 0 Å². The van der Waals surface area contributed by atoms with E-state index in [1.165, 1.54) is 11.1 Å². The van der Waals surface area contributed by atoms with Gasteiger partial charge in [-0.1, -0.05) is 52.0 Å². The van der Waals surface area contributed by atoms with Crippen molar-refractivity contribution >= 4 is 5.91 Å². The van der Waals surface area contributed by atoms with Crippen molar-refractivity contribution in [1.82, 2.24) is 15.1 Å². The van der Waals surface area contributed by atoms with Crippen LogP contribution in [-0.2, 0) is 4.79 Å². The van der Waals surface area contributed by atoms with Gasteiger partial charge in [0.05, 0.1) is 12.6 Å². The Kier molecular flexibility index (Phi) is 6.81. The fourth-order valence-corrected chi connectivity index (χ4v) is 3.15. The van der Waals surface area contributed by atoms with Crippen LogP contribution in [0.25, 0.3) is 0 Å². The third-order valence-corrected chi connectivity index (χ3v) is 4.91. The zero-order valence-corrected chi connectivity index (χ0v) is 15.9. The molecule has 1 atom stereocenters. The summed E-state index contributed by atoms with van der Waals surface area (Å²) in [6.07, 6.45) is 0. The number of likely N-dealkylation sites (N-methyl/N-ethyl adjacent to an activating group) is 1. The van der Waals surface area contributed by atoms with Gasteiger partial charge in [0.25, 0.3) is 0 Å². The molecule has 1 aromatic rings. The first-order valence-electron chi connectivity index (χ1n) is 9.17. The smallest absolute Gasteiger partial charge is 0.234 e. The van der Waals surface area contributed by atoms with Crippen LogP contribution in [0.1, 0.15) is 50.8 Å². The van der Waals surface area contributed by atoms with Gasteiger partial charge in [-0.3, -0.25) is 9.69 Å².